The van der Waals surface area contributed by atoms with Gasteiger partial charge in [-0.1, -0.05) is 0 Å². The van der Waals surface area contributed by atoms with Crippen LogP contribution < -0.4 is 5.73 Å². The van der Waals surface area contributed by atoms with Gasteiger partial charge >= 0.3 is 0 Å². The molecular weight excluding hydrogens is 198 g/mol. The highest BCUT2D eigenvalue weighted by molar-refractivity contribution is 5.45. The highest BCUT2D eigenvalue weighted by Gasteiger charge is 2.58. The Morgan fingerprint density at radius 2 is 1.79 bits per heavy atom. The maximum absolute atomic E-state index is 13.1. The molecule has 1 aromatic rings. The van der Waals surface area contributed by atoms with Gasteiger partial charge in [-0.15, -0.1) is 0 Å². The minimum absolute atomic E-state index is 0.290. The molecule has 1 aliphatic rings. The summed E-state index contributed by atoms with van der Waals surface area (Å²) in [5.41, 5.74) is 4.42. The lowest BCUT2D eigenvalue weighted by molar-refractivity contribution is 0.111. The minimum Gasteiger partial charge on any atom is -0.396 e. The predicted molar refractivity (Wildman–Crippen MR) is 43.1 cm³/mol. The van der Waals surface area contributed by atoms with Crippen molar-refractivity contribution in [3.63, 3.8) is 0 Å². The summed E-state index contributed by atoms with van der Waals surface area (Å²) in [4.78, 5) is 0. The molecule has 0 radical (unpaired) electrons. The first-order chi connectivity index (χ1) is 6.42. The second-order valence-corrected chi connectivity index (χ2v) is 3.41. The van der Waals surface area contributed by atoms with Gasteiger partial charge in [-0.05, 0) is 6.07 Å². The zero-order chi connectivity index (χ0) is 10.5. The van der Waals surface area contributed by atoms with E-state index in [0.717, 1.165) is 12.1 Å². The van der Waals surface area contributed by atoms with E-state index < -0.39 is 29.9 Å². The standard InChI is InChI=1S/C9H7F4N/c10-6-2-8(14)7(11)1-4(6)5-3-9(5,12)13/h1-2,5H,3,14H2. The van der Waals surface area contributed by atoms with Crippen LogP contribution in [0.1, 0.15) is 17.9 Å². The fourth-order valence-corrected chi connectivity index (χ4v) is 1.40. The van der Waals surface area contributed by atoms with Crippen molar-refractivity contribution in [1.29, 1.82) is 0 Å². The van der Waals surface area contributed by atoms with E-state index in [-0.39, 0.29) is 11.3 Å². The van der Waals surface area contributed by atoms with Crippen LogP contribution in [0.4, 0.5) is 23.2 Å². The monoisotopic (exact) mass is 205 g/mol. The average Bonchev–Trinajstić information content (AvgIpc) is 2.67. The summed E-state index contributed by atoms with van der Waals surface area (Å²) >= 11 is 0. The minimum atomic E-state index is -2.90. The molecule has 0 heterocycles. The third-order valence-corrected chi connectivity index (χ3v) is 2.32. The molecule has 5 heteroatoms. The molecule has 0 amide bonds. The topological polar surface area (TPSA) is 26.0 Å². The van der Waals surface area contributed by atoms with Crippen LogP contribution in [-0.2, 0) is 0 Å². The van der Waals surface area contributed by atoms with Gasteiger partial charge in [0, 0.05) is 18.1 Å². The number of hydrogen-bond acceptors (Lipinski definition) is 1. The maximum Gasteiger partial charge on any atom is 0.256 e. The molecule has 2 rings (SSSR count). The summed E-state index contributed by atoms with van der Waals surface area (Å²) in [7, 11) is 0. The highest BCUT2D eigenvalue weighted by atomic mass is 19.3. The van der Waals surface area contributed by atoms with E-state index in [2.05, 4.69) is 0 Å². The Labute approximate surface area is 77.5 Å². The first kappa shape index (κ1) is 9.30. The van der Waals surface area contributed by atoms with Gasteiger partial charge in [0.2, 0.25) is 0 Å². The molecule has 1 aromatic carbocycles. The molecule has 2 N–H and O–H groups in total. The predicted octanol–water partition coefficient (Wildman–Crippen LogP) is 2.67. The first-order valence-corrected chi connectivity index (χ1v) is 4.04. The fourth-order valence-electron chi connectivity index (χ4n) is 1.40. The number of rotatable bonds is 1. The molecule has 0 aliphatic heterocycles. The first-order valence-electron chi connectivity index (χ1n) is 4.04. The van der Waals surface area contributed by atoms with Crippen molar-refractivity contribution in [2.45, 2.75) is 18.3 Å². The Hall–Kier alpha value is -1.26. The molecule has 1 saturated carbocycles. The van der Waals surface area contributed by atoms with Crippen LogP contribution >= 0.6 is 0 Å². The number of halogens is 4. The molecule has 0 saturated heterocycles. The molecule has 0 bridgehead atoms. The molecule has 14 heavy (non-hydrogen) atoms. The van der Waals surface area contributed by atoms with Gasteiger partial charge in [0.25, 0.3) is 5.92 Å². The van der Waals surface area contributed by atoms with Crippen molar-refractivity contribution < 1.29 is 17.6 Å². The zero-order valence-electron chi connectivity index (χ0n) is 7.03. The van der Waals surface area contributed by atoms with Gasteiger partial charge in [-0.2, -0.15) is 0 Å². The molecule has 1 nitrogen and oxygen atoms in total. The Balaban J connectivity index is 2.41. The molecular formula is C9H7F4N. The Kier molecular flexibility index (Phi) is 1.74. The Bertz CT molecular complexity index is 389. The van der Waals surface area contributed by atoms with Crippen molar-refractivity contribution >= 4 is 5.69 Å². The van der Waals surface area contributed by atoms with Gasteiger partial charge in [0.05, 0.1) is 11.6 Å². The molecule has 0 aromatic heterocycles. The lowest BCUT2D eigenvalue weighted by Gasteiger charge is -2.03. The summed E-state index contributed by atoms with van der Waals surface area (Å²) in [6.07, 6.45) is -0.423. The van der Waals surface area contributed by atoms with Gasteiger partial charge in [-0.3, -0.25) is 0 Å². The summed E-state index contributed by atoms with van der Waals surface area (Å²) in [6, 6.07) is 1.48. The number of anilines is 1. The van der Waals surface area contributed by atoms with Gasteiger partial charge in [0.1, 0.15) is 11.6 Å². The van der Waals surface area contributed by atoms with E-state index in [1.54, 1.807) is 0 Å². The molecule has 1 atom stereocenters. The summed E-state index contributed by atoms with van der Waals surface area (Å²) in [5, 5.41) is 0. The van der Waals surface area contributed by atoms with Crippen LogP contribution in [0.15, 0.2) is 12.1 Å². The third kappa shape index (κ3) is 1.32. The summed E-state index contributed by atoms with van der Waals surface area (Å²) in [5.74, 6) is -5.82. The normalized spacial score (nSPS) is 23.6. The molecule has 1 fully saturated rings. The van der Waals surface area contributed by atoms with Crippen molar-refractivity contribution in [3.05, 3.63) is 29.3 Å². The van der Waals surface area contributed by atoms with Crippen LogP contribution in [0.25, 0.3) is 0 Å². The maximum atomic E-state index is 13.1. The number of alkyl halides is 2. The van der Waals surface area contributed by atoms with E-state index in [4.69, 9.17) is 5.73 Å². The van der Waals surface area contributed by atoms with Crippen LogP contribution in [-0.4, -0.2) is 5.92 Å². The molecule has 0 spiro atoms. The summed E-state index contributed by atoms with van der Waals surface area (Å²) in [6.45, 7) is 0. The lowest BCUT2D eigenvalue weighted by atomic mass is 10.1. The smallest absolute Gasteiger partial charge is 0.256 e. The number of hydrogen-bond donors (Lipinski definition) is 1. The van der Waals surface area contributed by atoms with Crippen molar-refractivity contribution in [3.8, 4) is 0 Å². The molecule has 1 unspecified atom stereocenters. The number of benzene rings is 1. The Morgan fingerprint density at radius 3 is 2.29 bits per heavy atom. The number of nitrogen functional groups attached to an aromatic ring is 1. The molecule has 1 aliphatic carbocycles. The number of nitrogens with two attached hydrogens (primary N) is 1. The van der Waals surface area contributed by atoms with Crippen molar-refractivity contribution in [2.24, 2.45) is 0 Å². The van der Waals surface area contributed by atoms with Crippen LogP contribution in [0.5, 0.6) is 0 Å². The molecule has 76 valence electrons. The van der Waals surface area contributed by atoms with Crippen molar-refractivity contribution in [1.82, 2.24) is 0 Å². The van der Waals surface area contributed by atoms with Crippen LogP contribution in [0, 0.1) is 11.6 Å². The fraction of sp³-hybridized carbons (Fsp3) is 0.333. The van der Waals surface area contributed by atoms with E-state index in [1.165, 1.54) is 0 Å². The highest BCUT2D eigenvalue weighted by Crippen LogP contribution is 2.56. The SMILES string of the molecule is Nc1cc(F)c(C2CC2(F)F)cc1F. The quantitative estimate of drug-likeness (QED) is 0.553. The van der Waals surface area contributed by atoms with Gasteiger partial charge in [0.15, 0.2) is 0 Å². The largest absolute Gasteiger partial charge is 0.396 e. The van der Waals surface area contributed by atoms with E-state index in [0.29, 0.717) is 0 Å². The summed E-state index contributed by atoms with van der Waals surface area (Å²) < 4.78 is 51.1. The van der Waals surface area contributed by atoms with E-state index in [1.807, 2.05) is 0 Å². The third-order valence-electron chi connectivity index (χ3n) is 2.32. The Morgan fingerprint density at radius 1 is 1.21 bits per heavy atom. The van der Waals surface area contributed by atoms with Gasteiger partial charge in [-0.25, -0.2) is 17.6 Å². The van der Waals surface area contributed by atoms with Crippen LogP contribution in [0.3, 0.4) is 0 Å². The zero-order valence-corrected chi connectivity index (χ0v) is 7.03. The lowest BCUT2D eigenvalue weighted by Crippen LogP contribution is -2.00. The second-order valence-electron chi connectivity index (χ2n) is 3.41. The second kappa shape index (κ2) is 2.62. The van der Waals surface area contributed by atoms with Crippen LogP contribution in [0.2, 0.25) is 0 Å². The van der Waals surface area contributed by atoms with Crippen molar-refractivity contribution in [2.75, 3.05) is 5.73 Å². The van der Waals surface area contributed by atoms with E-state index in [9.17, 15) is 17.6 Å². The van der Waals surface area contributed by atoms with Gasteiger partial charge < -0.3 is 5.73 Å². The average molecular weight is 205 g/mol. The van der Waals surface area contributed by atoms with E-state index >= 15 is 0 Å².